The highest BCUT2D eigenvalue weighted by Crippen LogP contribution is 2.23. The zero-order valence-electron chi connectivity index (χ0n) is 16.9. The number of rotatable bonds is 7. The molecule has 3 rings (SSSR count). The van der Waals surface area contributed by atoms with Gasteiger partial charge in [0.2, 0.25) is 11.8 Å². The maximum Gasteiger partial charge on any atom is 0.244 e. The number of carbonyl (C=O) groups is 2. The molecular formula is C21H22ClN5O2S. The first-order valence-electron chi connectivity index (χ1n) is 9.22. The van der Waals surface area contributed by atoms with Crippen LogP contribution >= 0.6 is 23.4 Å². The molecule has 156 valence electrons. The van der Waals surface area contributed by atoms with Crippen molar-refractivity contribution in [2.75, 3.05) is 24.7 Å². The number of nitrogens with one attached hydrogen (secondary N) is 1. The Kier molecular flexibility index (Phi) is 7.12. The number of aryl methyl sites for hydroxylation is 1. The molecular weight excluding hydrogens is 422 g/mol. The molecule has 0 atom stereocenters. The van der Waals surface area contributed by atoms with Crippen molar-refractivity contribution in [1.29, 1.82) is 0 Å². The number of nitrogens with zero attached hydrogens (tertiary/aromatic N) is 4. The highest BCUT2D eigenvalue weighted by Gasteiger charge is 2.17. The Morgan fingerprint density at radius 1 is 1.17 bits per heavy atom. The number of anilines is 1. The van der Waals surface area contributed by atoms with Gasteiger partial charge in [-0.15, -0.1) is 10.2 Å². The van der Waals surface area contributed by atoms with Crippen molar-refractivity contribution < 1.29 is 9.59 Å². The lowest BCUT2D eigenvalue weighted by molar-refractivity contribution is -0.131. The Morgan fingerprint density at radius 3 is 2.67 bits per heavy atom. The minimum Gasteiger partial charge on any atom is -0.336 e. The topological polar surface area (TPSA) is 80.1 Å². The van der Waals surface area contributed by atoms with E-state index in [1.165, 1.54) is 16.7 Å². The van der Waals surface area contributed by atoms with Crippen LogP contribution in [0.2, 0.25) is 5.02 Å². The molecule has 0 fully saturated rings. The summed E-state index contributed by atoms with van der Waals surface area (Å²) in [6.07, 6.45) is 0. The van der Waals surface area contributed by atoms with Gasteiger partial charge in [-0.3, -0.25) is 9.59 Å². The number of hydrogen-bond donors (Lipinski definition) is 1. The molecule has 0 saturated heterocycles. The predicted molar refractivity (Wildman–Crippen MR) is 120 cm³/mol. The van der Waals surface area contributed by atoms with Gasteiger partial charge in [0.25, 0.3) is 0 Å². The molecule has 9 heteroatoms. The standard InChI is InChI=1S/C21H22ClN5O2S/c1-14-7-6-8-15(11-14)20-24-25-21(27(20)3)30-13-19(29)26(2)12-18(28)23-17-10-5-4-9-16(17)22/h4-11H,12-13H2,1-3H3,(H,23,28). The molecule has 0 radical (unpaired) electrons. The zero-order valence-corrected chi connectivity index (χ0v) is 18.5. The van der Waals surface area contributed by atoms with Gasteiger partial charge in [-0.25, -0.2) is 0 Å². The Labute approximate surface area is 184 Å². The Morgan fingerprint density at radius 2 is 1.93 bits per heavy atom. The molecule has 0 saturated carbocycles. The van der Waals surface area contributed by atoms with Crippen molar-refractivity contribution in [3.8, 4) is 11.4 Å². The summed E-state index contributed by atoms with van der Waals surface area (Å²) in [5.74, 6) is 0.384. The molecule has 0 aliphatic rings. The third kappa shape index (κ3) is 5.40. The van der Waals surface area contributed by atoms with E-state index >= 15 is 0 Å². The van der Waals surface area contributed by atoms with Gasteiger partial charge in [-0.1, -0.05) is 59.3 Å². The molecule has 2 amide bonds. The molecule has 0 aliphatic carbocycles. The van der Waals surface area contributed by atoms with Gasteiger partial charge in [-0.05, 0) is 25.1 Å². The van der Waals surface area contributed by atoms with Gasteiger partial charge in [0.05, 0.1) is 23.0 Å². The molecule has 2 aromatic carbocycles. The van der Waals surface area contributed by atoms with Gasteiger partial charge in [0, 0.05) is 19.7 Å². The summed E-state index contributed by atoms with van der Waals surface area (Å²) in [6.45, 7) is 1.95. The molecule has 3 aromatic rings. The smallest absolute Gasteiger partial charge is 0.244 e. The van der Waals surface area contributed by atoms with Crippen molar-refractivity contribution in [2.24, 2.45) is 7.05 Å². The molecule has 0 aliphatic heterocycles. The van der Waals surface area contributed by atoms with Crippen LogP contribution < -0.4 is 5.32 Å². The first-order chi connectivity index (χ1) is 14.3. The number of thioether (sulfide) groups is 1. The zero-order chi connectivity index (χ0) is 21.7. The van der Waals surface area contributed by atoms with E-state index in [4.69, 9.17) is 11.6 Å². The third-order valence-electron chi connectivity index (χ3n) is 4.39. The van der Waals surface area contributed by atoms with E-state index in [1.54, 1.807) is 31.3 Å². The minimum absolute atomic E-state index is 0.0715. The predicted octanol–water partition coefficient (Wildman–Crippen LogP) is 3.63. The number of carbonyl (C=O) groups excluding carboxylic acids is 2. The lowest BCUT2D eigenvalue weighted by Crippen LogP contribution is -2.36. The summed E-state index contributed by atoms with van der Waals surface area (Å²) < 4.78 is 1.86. The van der Waals surface area contributed by atoms with E-state index in [0.29, 0.717) is 15.9 Å². The van der Waals surface area contributed by atoms with E-state index in [9.17, 15) is 9.59 Å². The second-order valence-electron chi connectivity index (χ2n) is 6.80. The molecule has 0 spiro atoms. The SMILES string of the molecule is Cc1cccc(-c2nnc(SCC(=O)N(C)CC(=O)Nc3ccccc3Cl)n2C)c1. The van der Waals surface area contributed by atoms with Crippen molar-refractivity contribution in [3.63, 3.8) is 0 Å². The van der Waals surface area contributed by atoms with Crippen molar-refractivity contribution in [1.82, 2.24) is 19.7 Å². The Hall–Kier alpha value is -2.84. The fourth-order valence-electron chi connectivity index (χ4n) is 2.77. The molecule has 1 N–H and O–H groups in total. The second kappa shape index (κ2) is 9.77. The van der Waals surface area contributed by atoms with E-state index in [1.807, 2.05) is 42.8 Å². The largest absolute Gasteiger partial charge is 0.336 e. The molecule has 7 nitrogen and oxygen atoms in total. The lowest BCUT2D eigenvalue weighted by Gasteiger charge is -2.16. The van der Waals surface area contributed by atoms with Gasteiger partial charge in [0.1, 0.15) is 0 Å². The van der Waals surface area contributed by atoms with E-state index in [-0.39, 0.29) is 24.1 Å². The first-order valence-corrected chi connectivity index (χ1v) is 10.6. The monoisotopic (exact) mass is 443 g/mol. The first kappa shape index (κ1) is 21.9. The summed E-state index contributed by atoms with van der Waals surface area (Å²) >= 11 is 7.32. The van der Waals surface area contributed by atoms with Crippen LogP contribution in [0.25, 0.3) is 11.4 Å². The van der Waals surface area contributed by atoms with Crippen LogP contribution in [-0.2, 0) is 16.6 Å². The van der Waals surface area contributed by atoms with Crippen LogP contribution in [0, 0.1) is 6.92 Å². The number of amides is 2. The number of benzene rings is 2. The number of likely N-dealkylation sites (N-methyl/N-ethyl adjacent to an activating group) is 1. The highest BCUT2D eigenvalue weighted by molar-refractivity contribution is 7.99. The quantitative estimate of drug-likeness (QED) is 0.564. The average molecular weight is 444 g/mol. The van der Waals surface area contributed by atoms with Crippen molar-refractivity contribution in [2.45, 2.75) is 12.1 Å². The van der Waals surface area contributed by atoms with Crippen LogP contribution in [-0.4, -0.2) is 50.8 Å². The van der Waals surface area contributed by atoms with Crippen molar-refractivity contribution in [3.05, 3.63) is 59.1 Å². The van der Waals surface area contributed by atoms with Crippen molar-refractivity contribution >= 4 is 40.9 Å². The Balaban J connectivity index is 1.55. The normalized spacial score (nSPS) is 10.7. The number of halogens is 1. The number of aromatic nitrogens is 3. The Bertz CT molecular complexity index is 1070. The molecule has 0 unspecified atom stereocenters. The molecule has 0 bridgehead atoms. The summed E-state index contributed by atoms with van der Waals surface area (Å²) in [4.78, 5) is 26.0. The van der Waals surface area contributed by atoms with E-state index in [0.717, 1.165) is 17.0 Å². The fourth-order valence-corrected chi connectivity index (χ4v) is 3.80. The van der Waals surface area contributed by atoms with Crippen LogP contribution in [0.3, 0.4) is 0 Å². The maximum atomic E-state index is 12.4. The summed E-state index contributed by atoms with van der Waals surface area (Å²) in [5.41, 5.74) is 2.62. The van der Waals surface area contributed by atoms with Crippen LogP contribution in [0.5, 0.6) is 0 Å². The fraction of sp³-hybridized carbons (Fsp3) is 0.238. The van der Waals surface area contributed by atoms with E-state index < -0.39 is 0 Å². The highest BCUT2D eigenvalue weighted by atomic mass is 35.5. The second-order valence-corrected chi connectivity index (χ2v) is 8.15. The minimum atomic E-state index is -0.315. The molecule has 30 heavy (non-hydrogen) atoms. The average Bonchev–Trinajstić information content (AvgIpc) is 3.08. The summed E-state index contributed by atoms with van der Waals surface area (Å²) in [7, 11) is 3.45. The third-order valence-corrected chi connectivity index (χ3v) is 5.72. The van der Waals surface area contributed by atoms with Gasteiger partial charge >= 0.3 is 0 Å². The van der Waals surface area contributed by atoms with Crippen LogP contribution in [0.4, 0.5) is 5.69 Å². The number of hydrogen-bond acceptors (Lipinski definition) is 5. The van der Waals surface area contributed by atoms with Gasteiger partial charge in [0.15, 0.2) is 11.0 Å². The summed E-state index contributed by atoms with van der Waals surface area (Å²) in [6, 6.07) is 15.0. The number of para-hydroxylation sites is 1. The van der Waals surface area contributed by atoms with Gasteiger partial charge < -0.3 is 14.8 Å². The van der Waals surface area contributed by atoms with E-state index in [2.05, 4.69) is 15.5 Å². The van der Waals surface area contributed by atoms with Crippen LogP contribution in [0.15, 0.2) is 53.7 Å². The van der Waals surface area contributed by atoms with Crippen LogP contribution in [0.1, 0.15) is 5.56 Å². The summed E-state index contributed by atoms with van der Waals surface area (Å²) in [5, 5.41) is 12.2. The molecule has 1 aromatic heterocycles. The lowest BCUT2D eigenvalue weighted by atomic mass is 10.1. The molecule has 1 heterocycles. The maximum absolute atomic E-state index is 12.4. The van der Waals surface area contributed by atoms with Gasteiger partial charge in [-0.2, -0.15) is 0 Å².